The van der Waals surface area contributed by atoms with Gasteiger partial charge < -0.3 is 14.9 Å². The number of furan rings is 1. The molecule has 5 heteroatoms. The standard InChI is InChI=1S/C18H19N3O2/c1-12-8-9-16(22-3)14(10-12)21(18(19)20-2)17-11-13-6-4-5-7-15(13)23-17/h4-11H,1-3H3,(H2,19,20). The SMILES string of the molecule is CN=C(N)N(c1cc2ccccc2o1)c1cc(C)ccc1OC. The van der Waals surface area contributed by atoms with E-state index in [2.05, 4.69) is 4.99 Å². The van der Waals surface area contributed by atoms with Crippen LogP contribution < -0.4 is 15.4 Å². The first-order valence-electron chi connectivity index (χ1n) is 7.29. The predicted octanol–water partition coefficient (Wildman–Crippen LogP) is 3.83. The number of methoxy groups -OCH3 is 1. The van der Waals surface area contributed by atoms with Crippen molar-refractivity contribution in [2.75, 3.05) is 19.1 Å². The first kappa shape index (κ1) is 15.0. The lowest BCUT2D eigenvalue weighted by atomic mass is 10.2. The Morgan fingerprint density at radius 3 is 2.65 bits per heavy atom. The molecule has 0 atom stereocenters. The quantitative estimate of drug-likeness (QED) is 0.590. The highest BCUT2D eigenvalue weighted by Gasteiger charge is 2.21. The number of nitrogens with zero attached hydrogens (tertiary/aromatic N) is 2. The van der Waals surface area contributed by atoms with E-state index >= 15 is 0 Å². The number of para-hydroxylation sites is 1. The minimum absolute atomic E-state index is 0.327. The van der Waals surface area contributed by atoms with Crippen molar-refractivity contribution in [3.05, 3.63) is 54.1 Å². The highest BCUT2D eigenvalue weighted by Crippen LogP contribution is 2.37. The average Bonchev–Trinajstić information content (AvgIpc) is 2.98. The minimum atomic E-state index is 0.327. The van der Waals surface area contributed by atoms with Crippen molar-refractivity contribution < 1.29 is 9.15 Å². The number of hydrogen-bond acceptors (Lipinski definition) is 3. The number of guanidine groups is 1. The fourth-order valence-electron chi connectivity index (χ4n) is 2.51. The monoisotopic (exact) mass is 309 g/mol. The lowest BCUT2D eigenvalue weighted by Gasteiger charge is -2.23. The van der Waals surface area contributed by atoms with Crippen LogP contribution in [0.2, 0.25) is 0 Å². The van der Waals surface area contributed by atoms with E-state index in [1.807, 2.05) is 55.5 Å². The number of aryl methyl sites for hydroxylation is 1. The summed E-state index contributed by atoms with van der Waals surface area (Å²) in [6.07, 6.45) is 0. The topological polar surface area (TPSA) is 64.0 Å². The molecule has 1 aromatic heterocycles. The maximum atomic E-state index is 6.14. The van der Waals surface area contributed by atoms with E-state index in [1.165, 1.54) is 0 Å². The van der Waals surface area contributed by atoms with Crippen LogP contribution in [-0.4, -0.2) is 20.1 Å². The number of fused-ring (bicyclic) bond motifs is 1. The lowest BCUT2D eigenvalue weighted by Crippen LogP contribution is -2.33. The third-order valence-corrected chi connectivity index (χ3v) is 3.67. The van der Waals surface area contributed by atoms with E-state index in [0.717, 1.165) is 22.2 Å². The van der Waals surface area contributed by atoms with Gasteiger partial charge in [-0.1, -0.05) is 24.3 Å². The van der Waals surface area contributed by atoms with E-state index in [0.29, 0.717) is 17.6 Å². The number of rotatable bonds is 3. The van der Waals surface area contributed by atoms with Gasteiger partial charge in [0.15, 0.2) is 0 Å². The molecule has 0 saturated heterocycles. The van der Waals surface area contributed by atoms with Crippen molar-refractivity contribution in [2.24, 2.45) is 10.7 Å². The summed E-state index contributed by atoms with van der Waals surface area (Å²) < 4.78 is 11.4. The van der Waals surface area contributed by atoms with Gasteiger partial charge in [0.1, 0.15) is 11.3 Å². The molecule has 0 saturated carbocycles. The third-order valence-electron chi connectivity index (χ3n) is 3.67. The van der Waals surface area contributed by atoms with Crippen molar-refractivity contribution in [1.29, 1.82) is 0 Å². The van der Waals surface area contributed by atoms with Crippen LogP contribution >= 0.6 is 0 Å². The van der Waals surface area contributed by atoms with Gasteiger partial charge in [-0.25, -0.2) is 4.90 Å². The molecular weight excluding hydrogens is 290 g/mol. The summed E-state index contributed by atoms with van der Waals surface area (Å²) in [7, 11) is 3.28. The molecule has 2 N–H and O–H groups in total. The largest absolute Gasteiger partial charge is 0.495 e. The summed E-state index contributed by atoms with van der Waals surface area (Å²) in [6.45, 7) is 2.01. The first-order chi connectivity index (χ1) is 11.1. The van der Waals surface area contributed by atoms with Crippen molar-refractivity contribution in [3.8, 4) is 5.75 Å². The van der Waals surface area contributed by atoms with E-state index in [1.54, 1.807) is 19.1 Å². The Morgan fingerprint density at radius 1 is 1.17 bits per heavy atom. The second-order valence-electron chi connectivity index (χ2n) is 5.21. The number of nitrogens with two attached hydrogens (primary N) is 1. The fourth-order valence-corrected chi connectivity index (χ4v) is 2.51. The molecular formula is C18H19N3O2. The summed E-state index contributed by atoms with van der Waals surface area (Å²) >= 11 is 0. The van der Waals surface area contributed by atoms with Crippen molar-refractivity contribution in [3.63, 3.8) is 0 Å². The van der Waals surface area contributed by atoms with Gasteiger partial charge in [-0.05, 0) is 30.7 Å². The lowest BCUT2D eigenvalue weighted by molar-refractivity contribution is 0.415. The summed E-state index contributed by atoms with van der Waals surface area (Å²) in [4.78, 5) is 5.88. The highest BCUT2D eigenvalue weighted by atomic mass is 16.5. The molecule has 1 heterocycles. The highest BCUT2D eigenvalue weighted by molar-refractivity contribution is 6.03. The van der Waals surface area contributed by atoms with Crippen LogP contribution in [0.15, 0.2) is 57.9 Å². The van der Waals surface area contributed by atoms with Crippen molar-refractivity contribution in [2.45, 2.75) is 6.92 Å². The smallest absolute Gasteiger partial charge is 0.208 e. The molecule has 0 bridgehead atoms. The molecule has 5 nitrogen and oxygen atoms in total. The molecule has 118 valence electrons. The van der Waals surface area contributed by atoms with Gasteiger partial charge in [-0.2, -0.15) is 0 Å². The molecule has 0 aliphatic carbocycles. The van der Waals surface area contributed by atoms with Crippen molar-refractivity contribution >= 4 is 28.5 Å². The van der Waals surface area contributed by atoms with E-state index in [-0.39, 0.29) is 0 Å². The Balaban J connectivity index is 2.21. The number of ether oxygens (including phenoxy) is 1. The Hall–Kier alpha value is -2.95. The van der Waals surface area contributed by atoms with Gasteiger partial charge in [0, 0.05) is 18.5 Å². The molecule has 0 spiro atoms. The van der Waals surface area contributed by atoms with E-state index < -0.39 is 0 Å². The number of benzene rings is 2. The maximum absolute atomic E-state index is 6.14. The van der Waals surface area contributed by atoms with Crippen LogP contribution in [0, 0.1) is 6.92 Å². The zero-order chi connectivity index (χ0) is 16.4. The van der Waals surface area contributed by atoms with E-state index in [4.69, 9.17) is 14.9 Å². The second kappa shape index (κ2) is 6.04. The molecule has 2 aromatic carbocycles. The molecule has 0 radical (unpaired) electrons. The summed E-state index contributed by atoms with van der Waals surface area (Å²) in [6, 6.07) is 15.6. The predicted molar refractivity (Wildman–Crippen MR) is 93.6 cm³/mol. The third kappa shape index (κ3) is 2.73. The van der Waals surface area contributed by atoms with E-state index in [9.17, 15) is 0 Å². The van der Waals surface area contributed by atoms with Crippen LogP contribution in [0.4, 0.5) is 11.6 Å². The molecule has 0 unspecified atom stereocenters. The Labute approximate surface area is 135 Å². The molecule has 0 aliphatic heterocycles. The number of aliphatic imine (C=N–C) groups is 1. The van der Waals surface area contributed by atoms with Crippen LogP contribution in [-0.2, 0) is 0 Å². The molecule has 3 aromatic rings. The van der Waals surface area contributed by atoms with Crippen LogP contribution in [0.1, 0.15) is 5.56 Å². The normalized spacial score (nSPS) is 11.7. The zero-order valence-electron chi connectivity index (χ0n) is 13.4. The van der Waals surface area contributed by atoms with Crippen LogP contribution in [0.5, 0.6) is 5.75 Å². The van der Waals surface area contributed by atoms with Crippen LogP contribution in [0.3, 0.4) is 0 Å². The van der Waals surface area contributed by atoms with Gasteiger partial charge >= 0.3 is 0 Å². The van der Waals surface area contributed by atoms with Gasteiger partial charge in [0.2, 0.25) is 11.8 Å². The molecule has 0 aliphatic rings. The molecule has 0 amide bonds. The van der Waals surface area contributed by atoms with Gasteiger partial charge in [-0.3, -0.25) is 4.99 Å². The van der Waals surface area contributed by atoms with Crippen LogP contribution in [0.25, 0.3) is 11.0 Å². The summed E-state index contributed by atoms with van der Waals surface area (Å²) in [5, 5.41) is 1.00. The minimum Gasteiger partial charge on any atom is -0.495 e. The molecule has 3 rings (SSSR count). The first-order valence-corrected chi connectivity index (χ1v) is 7.29. The molecule has 23 heavy (non-hydrogen) atoms. The van der Waals surface area contributed by atoms with Crippen molar-refractivity contribution in [1.82, 2.24) is 0 Å². The van der Waals surface area contributed by atoms with Gasteiger partial charge in [0.25, 0.3) is 0 Å². The van der Waals surface area contributed by atoms with Gasteiger partial charge in [0.05, 0.1) is 12.8 Å². The number of anilines is 2. The summed E-state index contributed by atoms with van der Waals surface area (Å²) in [5.41, 5.74) is 8.81. The fraction of sp³-hybridized carbons (Fsp3) is 0.167. The average molecular weight is 309 g/mol. The van der Waals surface area contributed by atoms with Gasteiger partial charge in [-0.15, -0.1) is 0 Å². The zero-order valence-corrected chi connectivity index (χ0v) is 13.4. The Bertz CT molecular complexity index is 835. The second-order valence-corrected chi connectivity index (χ2v) is 5.21. The summed E-state index contributed by atoms with van der Waals surface area (Å²) in [5.74, 6) is 1.62. The maximum Gasteiger partial charge on any atom is 0.208 e. The number of hydrogen-bond donors (Lipinski definition) is 1. The molecule has 0 fully saturated rings. The Kier molecular flexibility index (Phi) is 3.93. The Morgan fingerprint density at radius 2 is 1.96 bits per heavy atom.